The Morgan fingerprint density at radius 3 is 2.69 bits per heavy atom. The van der Waals surface area contributed by atoms with E-state index >= 15 is 0 Å². The van der Waals surface area contributed by atoms with Crippen LogP contribution < -0.4 is 10.6 Å². The van der Waals surface area contributed by atoms with E-state index in [4.69, 9.17) is 5.73 Å². The van der Waals surface area contributed by atoms with E-state index in [0.717, 1.165) is 31.0 Å². The third-order valence-electron chi connectivity index (χ3n) is 2.87. The molecule has 1 fully saturated rings. The molecule has 16 heavy (non-hydrogen) atoms. The van der Waals surface area contributed by atoms with Crippen LogP contribution in [0.2, 0.25) is 0 Å². The van der Waals surface area contributed by atoms with Crippen molar-refractivity contribution in [2.45, 2.75) is 45.6 Å². The molecular weight excluding hydrogens is 200 g/mol. The number of nitrogen functional groups attached to an aromatic ring is 1. The second-order valence-electron chi connectivity index (χ2n) is 4.33. The Hall–Kier alpha value is -1.32. The molecule has 0 aromatic carbocycles. The molecule has 0 radical (unpaired) electrons. The standard InChI is InChI=1S/C12H20N4/c1-3-5-11-14-10(13)8-12(15-11)16(4-2)9-6-7-9/h8-9H,3-7H2,1-2H3,(H2,13,14,15). The predicted molar refractivity (Wildman–Crippen MR) is 66.5 cm³/mol. The van der Waals surface area contributed by atoms with Gasteiger partial charge in [0, 0.05) is 25.1 Å². The molecule has 1 heterocycles. The molecule has 1 aromatic rings. The number of nitrogens with zero attached hydrogens (tertiary/aromatic N) is 3. The molecule has 0 atom stereocenters. The van der Waals surface area contributed by atoms with Crippen molar-refractivity contribution in [1.82, 2.24) is 9.97 Å². The maximum absolute atomic E-state index is 5.82. The number of hydrogen-bond acceptors (Lipinski definition) is 4. The fraction of sp³-hybridized carbons (Fsp3) is 0.667. The Morgan fingerprint density at radius 2 is 2.12 bits per heavy atom. The summed E-state index contributed by atoms with van der Waals surface area (Å²) < 4.78 is 0. The molecule has 0 bridgehead atoms. The van der Waals surface area contributed by atoms with Gasteiger partial charge < -0.3 is 10.6 Å². The molecule has 88 valence electrons. The highest BCUT2D eigenvalue weighted by atomic mass is 15.2. The van der Waals surface area contributed by atoms with Gasteiger partial charge in [-0.1, -0.05) is 6.92 Å². The van der Waals surface area contributed by atoms with Gasteiger partial charge in [0.1, 0.15) is 17.5 Å². The van der Waals surface area contributed by atoms with Crippen LogP contribution in [0.1, 0.15) is 38.9 Å². The fourth-order valence-corrected chi connectivity index (χ4v) is 1.98. The summed E-state index contributed by atoms with van der Waals surface area (Å²) in [4.78, 5) is 11.2. The maximum atomic E-state index is 5.82. The summed E-state index contributed by atoms with van der Waals surface area (Å²) in [5.74, 6) is 2.46. The molecule has 1 aromatic heterocycles. The Labute approximate surface area is 96.9 Å². The normalized spacial score (nSPS) is 15.1. The zero-order chi connectivity index (χ0) is 11.5. The highest BCUT2D eigenvalue weighted by Gasteiger charge is 2.29. The van der Waals surface area contributed by atoms with E-state index in [9.17, 15) is 0 Å². The van der Waals surface area contributed by atoms with Gasteiger partial charge in [-0.25, -0.2) is 9.97 Å². The van der Waals surface area contributed by atoms with Gasteiger partial charge in [-0.3, -0.25) is 0 Å². The summed E-state index contributed by atoms with van der Waals surface area (Å²) in [5, 5.41) is 0. The van der Waals surface area contributed by atoms with E-state index in [-0.39, 0.29) is 0 Å². The first-order chi connectivity index (χ1) is 7.74. The summed E-state index contributed by atoms with van der Waals surface area (Å²) in [5.41, 5.74) is 5.82. The topological polar surface area (TPSA) is 55.0 Å². The molecule has 0 amide bonds. The quantitative estimate of drug-likeness (QED) is 0.824. The van der Waals surface area contributed by atoms with Gasteiger partial charge in [-0.05, 0) is 26.2 Å². The van der Waals surface area contributed by atoms with Crippen molar-refractivity contribution >= 4 is 11.6 Å². The van der Waals surface area contributed by atoms with Crippen LogP contribution in [0.3, 0.4) is 0 Å². The van der Waals surface area contributed by atoms with Crippen LogP contribution in [0.5, 0.6) is 0 Å². The van der Waals surface area contributed by atoms with Crippen molar-refractivity contribution in [3.63, 3.8) is 0 Å². The second kappa shape index (κ2) is 4.68. The maximum Gasteiger partial charge on any atom is 0.134 e. The number of hydrogen-bond donors (Lipinski definition) is 1. The van der Waals surface area contributed by atoms with Crippen molar-refractivity contribution in [1.29, 1.82) is 0 Å². The van der Waals surface area contributed by atoms with Gasteiger partial charge in [-0.15, -0.1) is 0 Å². The SMILES string of the molecule is CCCc1nc(N)cc(N(CC)C2CC2)n1. The molecule has 2 N–H and O–H groups in total. The van der Waals surface area contributed by atoms with Crippen LogP contribution in [0, 0.1) is 0 Å². The molecule has 1 saturated carbocycles. The third kappa shape index (κ3) is 2.43. The lowest BCUT2D eigenvalue weighted by atomic mass is 10.3. The smallest absolute Gasteiger partial charge is 0.134 e. The summed E-state index contributed by atoms with van der Waals surface area (Å²) in [6.07, 6.45) is 4.51. The molecular formula is C12H20N4. The minimum absolute atomic E-state index is 0.590. The number of aromatic nitrogens is 2. The van der Waals surface area contributed by atoms with Crippen molar-refractivity contribution < 1.29 is 0 Å². The van der Waals surface area contributed by atoms with Crippen LogP contribution in [0.15, 0.2) is 6.07 Å². The van der Waals surface area contributed by atoms with E-state index in [1.54, 1.807) is 0 Å². The molecule has 4 heteroatoms. The van der Waals surface area contributed by atoms with Crippen LogP contribution >= 0.6 is 0 Å². The van der Waals surface area contributed by atoms with Gasteiger partial charge >= 0.3 is 0 Å². The summed E-state index contributed by atoms with van der Waals surface area (Å²) in [6, 6.07) is 2.56. The lowest BCUT2D eigenvalue weighted by molar-refractivity contribution is 0.778. The Kier molecular flexibility index (Phi) is 3.27. The average Bonchev–Trinajstić information content (AvgIpc) is 3.03. The first kappa shape index (κ1) is 11.2. The van der Waals surface area contributed by atoms with Crippen LogP contribution in [-0.4, -0.2) is 22.6 Å². The molecule has 0 unspecified atom stereocenters. The monoisotopic (exact) mass is 220 g/mol. The second-order valence-corrected chi connectivity index (χ2v) is 4.33. The van der Waals surface area contributed by atoms with Crippen molar-refractivity contribution in [3.05, 3.63) is 11.9 Å². The molecule has 0 saturated heterocycles. The third-order valence-corrected chi connectivity index (χ3v) is 2.87. The molecule has 1 aliphatic rings. The van der Waals surface area contributed by atoms with E-state index in [2.05, 4.69) is 28.7 Å². The largest absolute Gasteiger partial charge is 0.384 e. The van der Waals surface area contributed by atoms with Crippen LogP contribution in [-0.2, 0) is 6.42 Å². The van der Waals surface area contributed by atoms with Gasteiger partial charge in [0.2, 0.25) is 0 Å². The number of nitrogens with two attached hydrogens (primary N) is 1. The summed E-state index contributed by atoms with van der Waals surface area (Å²) >= 11 is 0. The van der Waals surface area contributed by atoms with Crippen molar-refractivity contribution in [2.75, 3.05) is 17.2 Å². The Bertz CT molecular complexity index is 360. The van der Waals surface area contributed by atoms with Crippen molar-refractivity contribution in [3.8, 4) is 0 Å². The molecule has 4 nitrogen and oxygen atoms in total. The number of anilines is 2. The van der Waals surface area contributed by atoms with E-state index in [0.29, 0.717) is 11.9 Å². The zero-order valence-corrected chi connectivity index (χ0v) is 10.1. The lowest BCUT2D eigenvalue weighted by Gasteiger charge is -2.22. The number of rotatable bonds is 5. The van der Waals surface area contributed by atoms with Gasteiger partial charge in [0.05, 0.1) is 0 Å². The van der Waals surface area contributed by atoms with Crippen LogP contribution in [0.4, 0.5) is 11.6 Å². The summed E-state index contributed by atoms with van der Waals surface area (Å²) in [7, 11) is 0. The first-order valence-electron chi connectivity index (χ1n) is 6.14. The fourth-order valence-electron chi connectivity index (χ4n) is 1.98. The summed E-state index contributed by atoms with van der Waals surface area (Å²) in [6.45, 7) is 5.29. The first-order valence-corrected chi connectivity index (χ1v) is 6.14. The minimum Gasteiger partial charge on any atom is -0.384 e. The molecule has 0 spiro atoms. The highest BCUT2D eigenvalue weighted by molar-refractivity contribution is 5.48. The lowest BCUT2D eigenvalue weighted by Crippen LogP contribution is -2.26. The zero-order valence-electron chi connectivity index (χ0n) is 10.1. The van der Waals surface area contributed by atoms with E-state index in [1.807, 2.05) is 6.07 Å². The van der Waals surface area contributed by atoms with Gasteiger partial charge in [0.25, 0.3) is 0 Å². The number of aryl methyl sites for hydroxylation is 1. The Balaban J connectivity index is 2.24. The minimum atomic E-state index is 0.590. The average molecular weight is 220 g/mol. The molecule has 2 rings (SSSR count). The Morgan fingerprint density at radius 1 is 1.38 bits per heavy atom. The van der Waals surface area contributed by atoms with Crippen LogP contribution in [0.25, 0.3) is 0 Å². The predicted octanol–water partition coefficient (Wildman–Crippen LogP) is 2.00. The van der Waals surface area contributed by atoms with Crippen molar-refractivity contribution in [2.24, 2.45) is 0 Å². The van der Waals surface area contributed by atoms with Gasteiger partial charge in [0.15, 0.2) is 0 Å². The molecule has 0 aliphatic heterocycles. The highest BCUT2D eigenvalue weighted by Crippen LogP contribution is 2.30. The molecule has 1 aliphatic carbocycles. The van der Waals surface area contributed by atoms with E-state index in [1.165, 1.54) is 12.8 Å². The van der Waals surface area contributed by atoms with E-state index < -0.39 is 0 Å². The van der Waals surface area contributed by atoms with Gasteiger partial charge in [-0.2, -0.15) is 0 Å².